The first-order valence-corrected chi connectivity index (χ1v) is 4.82. The van der Waals surface area contributed by atoms with E-state index in [0.29, 0.717) is 12.0 Å². The minimum atomic E-state index is -5.08. The van der Waals surface area contributed by atoms with Crippen LogP contribution in [-0.4, -0.2) is 43.6 Å². The molecule has 0 radical (unpaired) electrons. The second-order valence-corrected chi connectivity index (χ2v) is 3.55. The minimum absolute atomic E-state index is 0.492. The topological polar surface area (TPSA) is 58.6 Å². The predicted molar refractivity (Wildman–Crippen MR) is 51.1 cm³/mol. The molecular weight excluding hydrogens is 227 g/mol. The van der Waals surface area contributed by atoms with Crippen LogP contribution in [0, 0.1) is 5.92 Å². The van der Waals surface area contributed by atoms with Gasteiger partial charge >= 0.3 is 12.1 Å². The van der Waals surface area contributed by atoms with Crippen LogP contribution < -0.4 is 5.32 Å². The zero-order valence-electron chi connectivity index (χ0n) is 9.17. The highest BCUT2D eigenvalue weighted by Gasteiger charge is 2.38. The molecule has 0 aromatic carbocycles. The molecule has 0 amide bonds. The lowest BCUT2D eigenvalue weighted by atomic mass is 9.98. The number of carboxylic acid groups (broad SMARTS) is 1. The van der Waals surface area contributed by atoms with Crippen LogP contribution in [0.15, 0.2) is 0 Å². The third-order valence-corrected chi connectivity index (χ3v) is 2.25. The van der Waals surface area contributed by atoms with E-state index in [9.17, 15) is 13.2 Å². The summed E-state index contributed by atoms with van der Waals surface area (Å²) in [5.74, 6) is -2.07. The zero-order valence-corrected chi connectivity index (χ0v) is 9.17. The Morgan fingerprint density at radius 2 is 2.00 bits per heavy atom. The second kappa shape index (κ2) is 6.70. The van der Waals surface area contributed by atoms with Crippen molar-refractivity contribution in [2.75, 3.05) is 20.2 Å². The number of carboxylic acids is 1. The van der Waals surface area contributed by atoms with Gasteiger partial charge in [0.25, 0.3) is 0 Å². The average molecular weight is 243 g/mol. The highest BCUT2D eigenvalue weighted by molar-refractivity contribution is 5.73. The lowest BCUT2D eigenvalue weighted by molar-refractivity contribution is -0.192. The molecule has 0 aromatic heterocycles. The molecule has 1 aliphatic rings. The number of hydrogen-bond donors (Lipinski definition) is 2. The quantitative estimate of drug-likeness (QED) is 0.728. The Balaban J connectivity index is 0.000000293. The van der Waals surface area contributed by atoms with Gasteiger partial charge in [0.2, 0.25) is 0 Å². The smallest absolute Gasteiger partial charge is 0.475 e. The van der Waals surface area contributed by atoms with Gasteiger partial charge in [-0.1, -0.05) is 6.92 Å². The number of carbonyl (C=O) groups is 1. The normalized spacial score (nSPS) is 25.6. The van der Waals surface area contributed by atoms with Gasteiger partial charge in [0.05, 0.1) is 6.10 Å². The van der Waals surface area contributed by atoms with Gasteiger partial charge in [-0.15, -0.1) is 0 Å². The fraction of sp³-hybridized carbons (Fsp3) is 0.889. The van der Waals surface area contributed by atoms with Crippen LogP contribution in [0.25, 0.3) is 0 Å². The summed E-state index contributed by atoms with van der Waals surface area (Å²) in [5.41, 5.74) is 0. The van der Waals surface area contributed by atoms with E-state index in [2.05, 4.69) is 12.2 Å². The summed E-state index contributed by atoms with van der Waals surface area (Å²) >= 11 is 0. The molecular formula is C9H16F3NO3. The van der Waals surface area contributed by atoms with Crippen LogP contribution in [0.2, 0.25) is 0 Å². The molecule has 1 rings (SSSR count). The summed E-state index contributed by atoms with van der Waals surface area (Å²) in [4.78, 5) is 8.90. The Kier molecular flexibility index (Phi) is 6.35. The molecule has 0 spiro atoms. The van der Waals surface area contributed by atoms with Crippen LogP contribution in [0.5, 0.6) is 0 Å². The van der Waals surface area contributed by atoms with Gasteiger partial charge in [0.15, 0.2) is 0 Å². The van der Waals surface area contributed by atoms with Crippen molar-refractivity contribution in [1.29, 1.82) is 0 Å². The number of rotatable bonds is 1. The number of aliphatic carboxylic acids is 1. The van der Waals surface area contributed by atoms with Crippen LogP contribution in [0.4, 0.5) is 13.2 Å². The molecule has 0 bridgehead atoms. The molecule has 1 saturated heterocycles. The first-order chi connectivity index (χ1) is 7.29. The number of piperidine rings is 1. The Morgan fingerprint density at radius 1 is 1.50 bits per heavy atom. The summed E-state index contributed by atoms with van der Waals surface area (Å²) in [6.07, 6.45) is -3.43. The predicted octanol–water partition coefficient (Wildman–Crippen LogP) is 1.26. The largest absolute Gasteiger partial charge is 0.490 e. The van der Waals surface area contributed by atoms with E-state index in [4.69, 9.17) is 14.6 Å². The van der Waals surface area contributed by atoms with Crippen molar-refractivity contribution < 1.29 is 27.8 Å². The maximum absolute atomic E-state index is 10.6. The molecule has 2 N–H and O–H groups in total. The number of ether oxygens (including phenoxy) is 1. The molecule has 0 aromatic rings. The molecule has 4 nitrogen and oxygen atoms in total. The molecule has 1 heterocycles. The molecule has 0 unspecified atom stereocenters. The molecule has 2 atom stereocenters. The van der Waals surface area contributed by atoms with Crippen molar-refractivity contribution in [3.8, 4) is 0 Å². The fourth-order valence-corrected chi connectivity index (χ4v) is 1.34. The molecule has 0 saturated carbocycles. The molecule has 1 aliphatic heterocycles. The number of alkyl halides is 3. The van der Waals surface area contributed by atoms with Crippen molar-refractivity contribution in [3.63, 3.8) is 0 Å². The van der Waals surface area contributed by atoms with Gasteiger partial charge in [-0.2, -0.15) is 13.2 Å². The third kappa shape index (κ3) is 5.92. The van der Waals surface area contributed by atoms with Crippen LogP contribution in [-0.2, 0) is 9.53 Å². The van der Waals surface area contributed by atoms with Crippen molar-refractivity contribution in [3.05, 3.63) is 0 Å². The van der Waals surface area contributed by atoms with Crippen molar-refractivity contribution >= 4 is 5.97 Å². The molecule has 16 heavy (non-hydrogen) atoms. The fourth-order valence-electron chi connectivity index (χ4n) is 1.34. The molecule has 7 heteroatoms. The molecule has 0 aliphatic carbocycles. The number of nitrogens with one attached hydrogen (secondary N) is 1. The van der Waals surface area contributed by atoms with Gasteiger partial charge in [-0.3, -0.25) is 0 Å². The first kappa shape index (κ1) is 15.2. The van der Waals surface area contributed by atoms with E-state index in [1.807, 2.05) is 0 Å². The second-order valence-electron chi connectivity index (χ2n) is 3.55. The van der Waals surface area contributed by atoms with E-state index >= 15 is 0 Å². The van der Waals surface area contributed by atoms with Crippen molar-refractivity contribution in [1.82, 2.24) is 5.32 Å². The first-order valence-electron chi connectivity index (χ1n) is 4.82. The van der Waals surface area contributed by atoms with Crippen molar-refractivity contribution in [2.45, 2.75) is 25.6 Å². The maximum atomic E-state index is 10.6. The van der Waals surface area contributed by atoms with Gasteiger partial charge in [-0.05, 0) is 18.9 Å². The Hall–Kier alpha value is -0.820. The van der Waals surface area contributed by atoms with Gasteiger partial charge < -0.3 is 15.2 Å². The Morgan fingerprint density at radius 3 is 2.25 bits per heavy atom. The monoisotopic (exact) mass is 243 g/mol. The number of halogens is 3. The van der Waals surface area contributed by atoms with E-state index in [0.717, 1.165) is 19.5 Å². The van der Waals surface area contributed by atoms with Crippen LogP contribution in [0.3, 0.4) is 0 Å². The number of hydrogen-bond acceptors (Lipinski definition) is 3. The highest BCUT2D eigenvalue weighted by atomic mass is 19.4. The summed E-state index contributed by atoms with van der Waals surface area (Å²) in [7, 11) is 1.80. The maximum Gasteiger partial charge on any atom is 0.490 e. The Bertz CT molecular complexity index is 221. The average Bonchev–Trinajstić information content (AvgIpc) is 2.18. The van der Waals surface area contributed by atoms with E-state index in [-0.39, 0.29) is 0 Å². The highest BCUT2D eigenvalue weighted by Crippen LogP contribution is 2.13. The lowest BCUT2D eigenvalue weighted by Gasteiger charge is -2.27. The third-order valence-electron chi connectivity index (χ3n) is 2.25. The van der Waals surface area contributed by atoms with Crippen LogP contribution >= 0.6 is 0 Å². The summed E-state index contributed by atoms with van der Waals surface area (Å²) in [6.45, 7) is 4.45. The standard InChI is InChI=1S/C7H15NO.C2HF3O2/c1-6-5-8-4-3-7(6)9-2;3-2(4,5)1(6)7/h6-8H,3-5H2,1-2H3;(H,6,7)/t6-,7+;/m1./s1. The van der Waals surface area contributed by atoms with Gasteiger partial charge in [-0.25, -0.2) is 4.79 Å². The zero-order chi connectivity index (χ0) is 12.8. The Labute approximate surface area is 91.8 Å². The summed E-state index contributed by atoms with van der Waals surface area (Å²) < 4.78 is 37.0. The van der Waals surface area contributed by atoms with Crippen LogP contribution in [0.1, 0.15) is 13.3 Å². The SMILES string of the molecule is CO[C@H]1CCNC[C@H]1C.O=C(O)C(F)(F)F. The lowest BCUT2D eigenvalue weighted by Crippen LogP contribution is -2.39. The van der Waals surface area contributed by atoms with Crippen molar-refractivity contribution in [2.24, 2.45) is 5.92 Å². The summed E-state index contributed by atoms with van der Waals surface area (Å²) in [6, 6.07) is 0. The van der Waals surface area contributed by atoms with E-state index < -0.39 is 12.1 Å². The molecule has 96 valence electrons. The van der Waals surface area contributed by atoms with Gasteiger partial charge in [0, 0.05) is 13.7 Å². The van der Waals surface area contributed by atoms with E-state index in [1.54, 1.807) is 7.11 Å². The van der Waals surface area contributed by atoms with Gasteiger partial charge in [0.1, 0.15) is 0 Å². The van der Waals surface area contributed by atoms with E-state index in [1.165, 1.54) is 0 Å². The molecule has 1 fully saturated rings. The number of methoxy groups -OCH3 is 1. The minimum Gasteiger partial charge on any atom is -0.475 e. The summed E-state index contributed by atoms with van der Waals surface area (Å²) in [5, 5.41) is 10.4.